The van der Waals surface area contributed by atoms with Crippen LogP contribution in [0.5, 0.6) is 0 Å². The highest BCUT2D eigenvalue weighted by molar-refractivity contribution is 9.10. The van der Waals surface area contributed by atoms with E-state index in [0.29, 0.717) is 13.2 Å². The molecule has 1 aliphatic carbocycles. The summed E-state index contributed by atoms with van der Waals surface area (Å²) in [7, 11) is 0. The van der Waals surface area contributed by atoms with Crippen molar-refractivity contribution in [1.29, 1.82) is 0 Å². The van der Waals surface area contributed by atoms with Gasteiger partial charge in [0.2, 0.25) is 0 Å². The van der Waals surface area contributed by atoms with Gasteiger partial charge >= 0.3 is 0 Å². The molecule has 3 atom stereocenters. The third kappa shape index (κ3) is 5.15. The largest absolute Gasteiger partial charge is 0.376 e. The van der Waals surface area contributed by atoms with Gasteiger partial charge < -0.3 is 9.47 Å². The molecule has 2 aromatic carbocycles. The third-order valence-electron chi connectivity index (χ3n) is 5.13. The molecule has 2 aromatic rings. The second-order valence-electron chi connectivity index (χ2n) is 7.38. The van der Waals surface area contributed by atoms with Crippen LogP contribution in [0.25, 0.3) is 0 Å². The van der Waals surface area contributed by atoms with E-state index in [-0.39, 0.29) is 25.6 Å². The molecule has 3 rings (SSSR count). The first-order valence-corrected chi connectivity index (χ1v) is 10.0. The van der Waals surface area contributed by atoms with Gasteiger partial charge in [-0.1, -0.05) is 76.6 Å². The van der Waals surface area contributed by atoms with E-state index in [1.165, 1.54) is 0 Å². The second kappa shape index (κ2) is 8.80. The van der Waals surface area contributed by atoms with E-state index < -0.39 is 16.2 Å². The highest BCUT2D eigenvalue weighted by Crippen LogP contribution is 2.51. The summed E-state index contributed by atoms with van der Waals surface area (Å²) in [5, 5.41) is 0. The van der Waals surface area contributed by atoms with Gasteiger partial charge in [0.15, 0.2) is 0 Å². The first-order chi connectivity index (χ1) is 12.9. The highest BCUT2D eigenvalue weighted by atomic mass is 79.9. The molecule has 0 radical (unpaired) electrons. The normalized spacial score (nSPS) is 27.4. The Bertz CT molecular complexity index is 707. The summed E-state index contributed by atoms with van der Waals surface area (Å²) >= 11 is 3.27. The molecule has 27 heavy (non-hydrogen) atoms. The molecule has 146 valence electrons. The van der Waals surface area contributed by atoms with E-state index in [0.717, 1.165) is 11.1 Å². The predicted octanol–water partition coefficient (Wildman–Crippen LogP) is 5.99. The zero-order chi connectivity index (χ0) is 19.3. The van der Waals surface area contributed by atoms with Crippen molar-refractivity contribution < 1.29 is 18.3 Å². The number of ether oxygens (including phenoxy) is 2. The molecule has 0 spiro atoms. The lowest BCUT2D eigenvalue weighted by atomic mass is 9.77. The minimum atomic E-state index is -2.86. The zero-order valence-corrected chi connectivity index (χ0v) is 17.0. The molecule has 1 fully saturated rings. The van der Waals surface area contributed by atoms with Crippen molar-refractivity contribution in [1.82, 2.24) is 0 Å². The average Bonchev–Trinajstić information content (AvgIpc) is 2.65. The fourth-order valence-corrected chi connectivity index (χ4v) is 4.20. The van der Waals surface area contributed by atoms with Crippen LogP contribution in [0.1, 0.15) is 30.9 Å². The molecular formula is C22H25BrF2O2. The van der Waals surface area contributed by atoms with Crippen LogP contribution in [0.15, 0.2) is 60.7 Å². The van der Waals surface area contributed by atoms with Crippen LogP contribution in [-0.2, 0) is 22.7 Å². The Morgan fingerprint density at radius 3 is 2.11 bits per heavy atom. The number of benzene rings is 2. The molecule has 1 saturated carbocycles. The SMILES string of the molecule is CC1(Br)CC(OCc2ccccc2)CC(COCc2ccccc2)C1(F)F. The molecule has 0 N–H and O–H groups in total. The lowest BCUT2D eigenvalue weighted by molar-refractivity contribution is -0.163. The summed E-state index contributed by atoms with van der Waals surface area (Å²) in [5.41, 5.74) is 2.03. The lowest BCUT2D eigenvalue weighted by Gasteiger charge is -2.45. The second-order valence-corrected chi connectivity index (χ2v) is 9.13. The van der Waals surface area contributed by atoms with E-state index in [9.17, 15) is 8.78 Å². The molecule has 1 aliphatic rings. The maximum Gasteiger partial charge on any atom is 0.268 e. The van der Waals surface area contributed by atoms with Crippen LogP contribution in [0.4, 0.5) is 8.78 Å². The Morgan fingerprint density at radius 2 is 1.52 bits per heavy atom. The molecular weight excluding hydrogens is 414 g/mol. The van der Waals surface area contributed by atoms with Crippen LogP contribution in [-0.4, -0.2) is 23.0 Å². The van der Waals surface area contributed by atoms with Gasteiger partial charge in [0, 0.05) is 0 Å². The summed E-state index contributed by atoms with van der Waals surface area (Å²) < 4.78 is 40.2. The Labute approximate surface area is 168 Å². The maximum absolute atomic E-state index is 14.9. The quantitative estimate of drug-likeness (QED) is 0.494. The van der Waals surface area contributed by atoms with Gasteiger partial charge in [0.05, 0.1) is 36.2 Å². The number of alkyl halides is 3. The lowest BCUT2D eigenvalue weighted by Crippen LogP contribution is -2.55. The summed E-state index contributed by atoms with van der Waals surface area (Å²) in [5.74, 6) is -3.75. The average molecular weight is 439 g/mol. The Hall–Kier alpha value is -1.30. The van der Waals surface area contributed by atoms with Crippen molar-refractivity contribution in [3.8, 4) is 0 Å². The third-order valence-corrected chi connectivity index (χ3v) is 5.98. The van der Waals surface area contributed by atoms with Gasteiger partial charge in [-0.3, -0.25) is 0 Å². The fourth-order valence-electron chi connectivity index (χ4n) is 3.52. The first kappa shape index (κ1) is 20.4. The van der Waals surface area contributed by atoms with Gasteiger partial charge in [0.1, 0.15) is 0 Å². The van der Waals surface area contributed by atoms with Crippen molar-refractivity contribution in [2.75, 3.05) is 6.61 Å². The van der Waals surface area contributed by atoms with E-state index in [1.807, 2.05) is 60.7 Å². The smallest absolute Gasteiger partial charge is 0.268 e. The van der Waals surface area contributed by atoms with Crippen molar-refractivity contribution >= 4 is 15.9 Å². The molecule has 0 aromatic heterocycles. The van der Waals surface area contributed by atoms with Gasteiger partial charge in [0.25, 0.3) is 5.92 Å². The number of halogens is 3. The Morgan fingerprint density at radius 1 is 0.963 bits per heavy atom. The van der Waals surface area contributed by atoms with Crippen LogP contribution in [0, 0.1) is 5.92 Å². The molecule has 2 nitrogen and oxygen atoms in total. The molecule has 0 saturated heterocycles. The molecule has 0 aliphatic heterocycles. The first-order valence-electron chi connectivity index (χ1n) is 9.22. The maximum atomic E-state index is 14.9. The topological polar surface area (TPSA) is 18.5 Å². The minimum Gasteiger partial charge on any atom is -0.376 e. The van der Waals surface area contributed by atoms with Gasteiger partial charge in [-0.25, -0.2) is 8.78 Å². The van der Waals surface area contributed by atoms with Crippen LogP contribution < -0.4 is 0 Å². The summed E-state index contributed by atoms with van der Waals surface area (Å²) in [4.78, 5) is 0. The summed E-state index contributed by atoms with van der Waals surface area (Å²) in [6, 6.07) is 19.4. The molecule has 0 heterocycles. The molecule has 0 amide bonds. The Balaban J connectivity index is 1.60. The summed E-state index contributed by atoms with van der Waals surface area (Å²) in [6.07, 6.45) is 0.317. The fraction of sp³-hybridized carbons (Fsp3) is 0.455. The number of hydrogen-bond donors (Lipinski definition) is 0. The van der Waals surface area contributed by atoms with Gasteiger partial charge in [-0.2, -0.15) is 0 Å². The number of hydrogen-bond acceptors (Lipinski definition) is 2. The van der Waals surface area contributed by atoms with Crippen LogP contribution >= 0.6 is 15.9 Å². The molecule has 0 bridgehead atoms. The van der Waals surface area contributed by atoms with Crippen molar-refractivity contribution in [2.24, 2.45) is 5.92 Å². The van der Waals surface area contributed by atoms with E-state index in [4.69, 9.17) is 9.47 Å². The Kier molecular flexibility index (Phi) is 6.66. The summed E-state index contributed by atoms with van der Waals surface area (Å²) in [6.45, 7) is 2.32. The minimum absolute atomic E-state index is 0.00822. The monoisotopic (exact) mass is 438 g/mol. The van der Waals surface area contributed by atoms with Gasteiger partial charge in [-0.05, 0) is 30.9 Å². The number of rotatable bonds is 7. The van der Waals surface area contributed by atoms with E-state index in [1.54, 1.807) is 6.92 Å². The predicted molar refractivity (Wildman–Crippen MR) is 106 cm³/mol. The molecule has 5 heteroatoms. The highest BCUT2D eigenvalue weighted by Gasteiger charge is 2.58. The van der Waals surface area contributed by atoms with Crippen LogP contribution in [0.3, 0.4) is 0 Å². The zero-order valence-electron chi connectivity index (χ0n) is 15.4. The van der Waals surface area contributed by atoms with Crippen molar-refractivity contribution in [2.45, 2.75) is 49.3 Å². The van der Waals surface area contributed by atoms with Crippen molar-refractivity contribution in [3.05, 3.63) is 71.8 Å². The standard InChI is InChI=1S/C22H25BrF2O2/c1-21(23)13-20(27-15-18-10-6-3-7-11-18)12-19(22(21,24)25)16-26-14-17-8-4-2-5-9-17/h2-11,19-20H,12-16H2,1H3. The van der Waals surface area contributed by atoms with Gasteiger partial charge in [-0.15, -0.1) is 0 Å². The van der Waals surface area contributed by atoms with Crippen molar-refractivity contribution in [3.63, 3.8) is 0 Å². The van der Waals surface area contributed by atoms with E-state index >= 15 is 0 Å². The molecule has 3 unspecified atom stereocenters. The van der Waals surface area contributed by atoms with E-state index in [2.05, 4.69) is 15.9 Å². The van der Waals surface area contributed by atoms with Crippen LogP contribution in [0.2, 0.25) is 0 Å².